The minimum Gasteiger partial charge on any atom is -0.490 e. The third kappa shape index (κ3) is 7.22. The van der Waals surface area contributed by atoms with Crippen molar-refractivity contribution in [3.05, 3.63) is 75.1 Å². The molecule has 0 aliphatic heterocycles. The summed E-state index contributed by atoms with van der Waals surface area (Å²) >= 11 is 0. The van der Waals surface area contributed by atoms with Crippen LogP contribution in [0.2, 0.25) is 0 Å². The lowest BCUT2D eigenvalue weighted by atomic mass is 10.1. The van der Waals surface area contributed by atoms with Crippen molar-refractivity contribution in [2.45, 2.75) is 57.7 Å². The fourth-order valence-electron chi connectivity index (χ4n) is 3.57. The van der Waals surface area contributed by atoms with Gasteiger partial charge in [-0.2, -0.15) is 0 Å². The lowest BCUT2D eigenvalue weighted by molar-refractivity contribution is 0.210. The number of ether oxygens (including phenoxy) is 1. The Morgan fingerprint density at radius 3 is 2.74 bits per heavy atom. The minimum atomic E-state index is -3.48. The molecule has 1 aliphatic carbocycles. The molecule has 1 unspecified atom stereocenters. The number of aromatic amines is 1. The van der Waals surface area contributed by atoms with E-state index in [9.17, 15) is 18.0 Å². The van der Waals surface area contributed by atoms with Gasteiger partial charge in [0.25, 0.3) is 5.56 Å². The van der Waals surface area contributed by atoms with Crippen LogP contribution in [-0.2, 0) is 16.6 Å². The van der Waals surface area contributed by atoms with Crippen molar-refractivity contribution in [2.24, 2.45) is 0 Å². The summed E-state index contributed by atoms with van der Waals surface area (Å²) in [6.45, 7) is 2.07. The molecule has 2 N–H and O–H groups in total. The summed E-state index contributed by atoms with van der Waals surface area (Å²) in [7, 11) is -3.48. The van der Waals surface area contributed by atoms with Crippen molar-refractivity contribution in [1.29, 1.82) is 0 Å². The van der Waals surface area contributed by atoms with E-state index in [1.165, 1.54) is 29.7 Å². The molecular weight excluding hydrogens is 418 g/mol. The van der Waals surface area contributed by atoms with Crippen LogP contribution in [0.4, 0.5) is 0 Å². The van der Waals surface area contributed by atoms with Gasteiger partial charge in [0.2, 0.25) is 10.0 Å². The zero-order valence-corrected chi connectivity index (χ0v) is 18.4. The van der Waals surface area contributed by atoms with E-state index in [-0.39, 0.29) is 24.4 Å². The Morgan fingerprint density at radius 1 is 1.23 bits per heavy atom. The maximum atomic E-state index is 12.4. The van der Waals surface area contributed by atoms with Gasteiger partial charge in [0.1, 0.15) is 5.75 Å². The van der Waals surface area contributed by atoms with Gasteiger partial charge in [-0.15, -0.1) is 0 Å². The molecule has 1 atom stereocenters. The number of H-pyrrole nitrogens is 1. The fraction of sp³-hybridized carbons (Fsp3) is 0.455. The van der Waals surface area contributed by atoms with Gasteiger partial charge in [-0.05, 0) is 56.7 Å². The Hall–Kier alpha value is -2.65. The van der Waals surface area contributed by atoms with Gasteiger partial charge in [0.05, 0.1) is 11.9 Å². The minimum absolute atomic E-state index is 0.0629. The molecule has 1 heterocycles. The number of aromatic nitrogens is 2. The standard InChI is InChI=1S/C22H29N3O5S/c1-17(18-8-7-11-20(16-18)30-19-9-3-4-10-19)24-31(28,29)15-6-2-5-13-25-14-12-21(26)23-22(25)27/h2,5,7-8,11-12,14,16-17,19,24H,3-4,6,9-10,13,15H2,1H3,(H,23,26,27)/b5-2+. The number of allylic oxidation sites excluding steroid dienone is 2. The average Bonchev–Trinajstić information content (AvgIpc) is 3.22. The van der Waals surface area contributed by atoms with Crippen LogP contribution in [0.15, 0.2) is 58.3 Å². The van der Waals surface area contributed by atoms with Crippen molar-refractivity contribution in [3.8, 4) is 5.75 Å². The highest BCUT2D eigenvalue weighted by Gasteiger charge is 2.18. The number of hydrogen-bond donors (Lipinski definition) is 2. The van der Waals surface area contributed by atoms with Crippen LogP contribution in [0.3, 0.4) is 0 Å². The number of nitrogens with zero attached hydrogens (tertiary/aromatic N) is 1. The smallest absolute Gasteiger partial charge is 0.328 e. The molecule has 8 nitrogen and oxygen atoms in total. The summed E-state index contributed by atoms with van der Waals surface area (Å²) in [6, 6.07) is 8.46. The summed E-state index contributed by atoms with van der Waals surface area (Å²) in [6.07, 6.45) is 9.88. The van der Waals surface area contributed by atoms with Gasteiger partial charge < -0.3 is 4.74 Å². The Kier molecular flexibility index (Phi) is 7.86. The first-order valence-electron chi connectivity index (χ1n) is 10.5. The lowest BCUT2D eigenvalue weighted by Gasteiger charge is -2.17. The highest BCUT2D eigenvalue weighted by atomic mass is 32.2. The van der Waals surface area contributed by atoms with Crippen LogP contribution < -0.4 is 20.7 Å². The molecule has 9 heteroatoms. The van der Waals surface area contributed by atoms with Crippen molar-refractivity contribution in [1.82, 2.24) is 14.3 Å². The van der Waals surface area contributed by atoms with Gasteiger partial charge >= 0.3 is 5.69 Å². The molecule has 1 aliphatic rings. The van der Waals surface area contributed by atoms with E-state index in [1.54, 1.807) is 12.2 Å². The van der Waals surface area contributed by atoms with Crippen LogP contribution >= 0.6 is 0 Å². The highest BCUT2D eigenvalue weighted by Crippen LogP contribution is 2.26. The van der Waals surface area contributed by atoms with Gasteiger partial charge in [-0.3, -0.25) is 14.3 Å². The molecule has 1 saturated carbocycles. The number of benzene rings is 1. The van der Waals surface area contributed by atoms with Gasteiger partial charge in [-0.25, -0.2) is 17.9 Å². The molecule has 2 aromatic rings. The second kappa shape index (κ2) is 10.6. The first-order chi connectivity index (χ1) is 14.8. The number of nitrogens with one attached hydrogen (secondary N) is 2. The van der Waals surface area contributed by atoms with E-state index in [0.717, 1.165) is 24.2 Å². The van der Waals surface area contributed by atoms with Crippen LogP contribution in [0.5, 0.6) is 5.75 Å². The largest absolute Gasteiger partial charge is 0.490 e. The fourth-order valence-corrected chi connectivity index (χ4v) is 4.81. The van der Waals surface area contributed by atoms with Crippen molar-refractivity contribution in [3.63, 3.8) is 0 Å². The average molecular weight is 448 g/mol. The van der Waals surface area contributed by atoms with E-state index < -0.39 is 21.3 Å². The SMILES string of the molecule is CC(NS(=O)(=O)CC/C=C/Cn1ccc(=O)[nH]c1=O)c1cccc(OC2CCCC2)c1. The Labute approximate surface area is 182 Å². The molecule has 1 aromatic carbocycles. The van der Waals surface area contributed by atoms with Gasteiger partial charge in [0, 0.05) is 24.8 Å². The molecule has 168 valence electrons. The van der Waals surface area contributed by atoms with E-state index in [4.69, 9.17) is 4.74 Å². The number of rotatable bonds is 10. The maximum Gasteiger partial charge on any atom is 0.328 e. The van der Waals surface area contributed by atoms with Gasteiger partial charge in [-0.1, -0.05) is 24.3 Å². The van der Waals surface area contributed by atoms with Crippen LogP contribution in [0.25, 0.3) is 0 Å². The second-order valence-electron chi connectivity index (χ2n) is 7.78. The third-order valence-electron chi connectivity index (χ3n) is 5.24. The third-order valence-corrected chi connectivity index (χ3v) is 6.72. The summed E-state index contributed by atoms with van der Waals surface area (Å²) in [5.41, 5.74) is -0.0985. The molecule has 0 spiro atoms. The highest BCUT2D eigenvalue weighted by molar-refractivity contribution is 7.89. The summed E-state index contributed by atoms with van der Waals surface area (Å²) < 4.78 is 34.9. The summed E-state index contributed by atoms with van der Waals surface area (Å²) in [5.74, 6) is 0.711. The maximum absolute atomic E-state index is 12.4. The monoisotopic (exact) mass is 447 g/mol. The molecular formula is C22H29N3O5S. The Morgan fingerprint density at radius 2 is 2.00 bits per heavy atom. The zero-order chi connectivity index (χ0) is 22.3. The molecule has 3 rings (SSSR count). The van der Waals surface area contributed by atoms with Crippen molar-refractivity contribution in [2.75, 3.05) is 5.75 Å². The molecule has 1 aromatic heterocycles. The van der Waals surface area contributed by atoms with Crippen LogP contribution in [0.1, 0.15) is 50.6 Å². The molecule has 0 saturated heterocycles. The topological polar surface area (TPSA) is 110 Å². The van der Waals surface area contributed by atoms with E-state index in [0.29, 0.717) is 6.42 Å². The predicted molar refractivity (Wildman–Crippen MR) is 120 cm³/mol. The molecule has 0 radical (unpaired) electrons. The zero-order valence-electron chi connectivity index (χ0n) is 17.6. The van der Waals surface area contributed by atoms with E-state index in [2.05, 4.69) is 9.71 Å². The Bertz CT molecular complexity index is 1110. The quantitative estimate of drug-likeness (QED) is 0.544. The predicted octanol–water partition coefficient (Wildman–Crippen LogP) is 2.48. The molecule has 0 amide bonds. The Balaban J connectivity index is 1.49. The summed E-state index contributed by atoms with van der Waals surface area (Å²) in [5, 5.41) is 0. The molecule has 31 heavy (non-hydrogen) atoms. The number of hydrogen-bond acceptors (Lipinski definition) is 5. The van der Waals surface area contributed by atoms with Crippen molar-refractivity contribution < 1.29 is 13.2 Å². The lowest BCUT2D eigenvalue weighted by Crippen LogP contribution is -2.29. The molecule has 0 bridgehead atoms. The van der Waals surface area contributed by atoms with E-state index in [1.807, 2.05) is 31.2 Å². The first kappa shape index (κ1) is 23.0. The normalized spacial score (nSPS) is 16.0. The number of sulfonamides is 1. The van der Waals surface area contributed by atoms with E-state index >= 15 is 0 Å². The summed E-state index contributed by atoms with van der Waals surface area (Å²) in [4.78, 5) is 24.8. The van der Waals surface area contributed by atoms with Gasteiger partial charge in [0.15, 0.2) is 0 Å². The van der Waals surface area contributed by atoms with Crippen molar-refractivity contribution >= 4 is 10.0 Å². The first-order valence-corrected chi connectivity index (χ1v) is 12.2. The second-order valence-corrected chi connectivity index (χ2v) is 9.65. The molecule has 1 fully saturated rings. The van der Waals surface area contributed by atoms with Crippen LogP contribution in [0, 0.1) is 0 Å². The van der Waals surface area contributed by atoms with Crippen LogP contribution in [-0.4, -0.2) is 29.8 Å².